The lowest BCUT2D eigenvalue weighted by Gasteiger charge is -2.16. The molecule has 0 radical (unpaired) electrons. The first kappa shape index (κ1) is 18.3. The Balaban J connectivity index is 1.48. The molecule has 26 heavy (non-hydrogen) atoms. The molecule has 1 saturated heterocycles. The summed E-state index contributed by atoms with van der Waals surface area (Å²) in [7, 11) is 1.64. The molecule has 0 spiro atoms. The van der Waals surface area contributed by atoms with Crippen LogP contribution < -0.4 is 15.0 Å². The average Bonchev–Trinajstić information content (AvgIpc) is 3.09. The summed E-state index contributed by atoms with van der Waals surface area (Å²) in [4.78, 5) is 26.7. The molecule has 1 aliphatic rings. The molecule has 0 atom stereocenters. The fraction of sp³-hybridized carbons (Fsp3) is 0.300. The lowest BCUT2D eigenvalue weighted by atomic mass is 10.2. The molecular weight excluding hydrogens is 348 g/mol. The summed E-state index contributed by atoms with van der Waals surface area (Å²) in [6, 6.07) is 15.2. The Morgan fingerprint density at radius 3 is 2.65 bits per heavy atom. The van der Waals surface area contributed by atoms with Crippen molar-refractivity contribution in [1.29, 1.82) is 0 Å². The second kappa shape index (κ2) is 8.76. The minimum absolute atomic E-state index is 0.0302. The van der Waals surface area contributed by atoms with E-state index in [1.807, 2.05) is 48.5 Å². The van der Waals surface area contributed by atoms with E-state index in [-0.39, 0.29) is 11.8 Å². The van der Waals surface area contributed by atoms with Crippen LogP contribution in [-0.2, 0) is 9.59 Å². The highest BCUT2D eigenvalue weighted by Gasteiger charge is 2.21. The molecule has 1 aliphatic heterocycles. The fourth-order valence-corrected chi connectivity index (χ4v) is 3.84. The highest BCUT2D eigenvalue weighted by Crippen LogP contribution is 2.29. The molecule has 3 rings (SSSR count). The standard InChI is InChI=1S/C20H22N2O3S/c1-25-17-5-2-3-6-18(17)26-14-12-19(23)21-15-8-10-16(11-9-15)22-13-4-7-20(22)24/h2-3,5-6,8-11H,4,7,12-14H2,1H3,(H,21,23). The zero-order valence-electron chi connectivity index (χ0n) is 14.7. The van der Waals surface area contributed by atoms with Crippen molar-refractivity contribution in [1.82, 2.24) is 0 Å². The maximum Gasteiger partial charge on any atom is 0.227 e. The lowest BCUT2D eigenvalue weighted by molar-refractivity contribution is -0.117. The summed E-state index contributed by atoms with van der Waals surface area (Å²) >= 11 is 1.60. The van der Waals surface area contributed by atoms with Gasteiger partial charge < -0.3 is 15.0 Å². The van der Waals surface area contributed by atoms with Crippen LogP contribution in [-0.4, -0.2) is 31.2 Å². The molecule has 2 aromatic rings. The second-order valence-corrected chi connectivity index (χ2v) is 7.13. The summed E-state index contributed by atoms with van der Waals surface area (Å²) in [5.74, 6) is 1.63. The Hall–Kier alpha value is -2.47. The van der Waals surface area contributed by atoms with Crippen LogP contribution in [0.4, 0.5) is 11.4 Å². The Kier molecular flexibility index (Phi) is 6.17. The summed E-state index contributed by atoms with van der Waals surface area (Å²) in [6.07, 6.45) is 1.93. The molecular formula is C20H22N2O3S. The first-order chi connectivity index (χ1) is 12.7. The van der Waals surface area contributed by atoms with Crippen LogP contribution in [0.2, 0.25) is 0 Å². The second-order valence-electron chi connectivity index (χ2n) is 5.99. The molecule has 0 aliphatic carbocycles. The van der Waals surface area contributed by atoms with E-state index in [0.717, 1.165) is 35.0 Å². The highest BCUT2D eigenvalue weighted by atomic mass is 32.2. The van der Waals surface area contributed by atoms with Crippen LogP contribution in [0.3, 0.4) is 0 Å². The summed E-state index contributed by atoms with van der Waals surface area (Å²) in [5, 5.41) is 2.90. The topological polar surface area (TPSA) is 58.6 Å². The Morgan fingerprint density at radius 2 is 1.96 bits per heavy atom. The molecule has 1 heterocycles. The average molecular weight is 370 g/mol. The van der Waals surface area contributed by atoms with Gasteiger partial charge in [0.1, 0.15) is 5.75 Å². The monoisotopic (exact) mass is 370 g/mol. The van der Waals surface area contributed by atoms with Gasteiger partial charge in [0.05, 0.1) is 7.11 Å². The van der Waals surface area contributed by atoms with Crippen LogP contribution in [0.1, 0.15) is 19.3 Å². The number of amides is 2. The first-order valence-corrected chi connectivity index (χ1v) is 9.62. The van der Waals surface area contributed by atoms with Crippen molar-refractivity contribution in [3.8, 4) is 5.75 Å². The number of carbonyl (C=O) groups is 2. The zero-order valence-corrected chi connectivity index (χ0v) is 15.6. The van der Waals surface area contributed by atoms with Gasteiger partial charge in [-0.15, -0.1) is 11.8 Å². The molecule has 0 bridgehead atoms. The van der Waals surface area contributed by atoms with E-state index in [9.17, 15) is 9.59 Å². The van der Waals surface area contributed by atoms with E-state index in [1.54, 1.807) is 23.8 Å². The van der Waals surface area contributed by atoms with Gasteiger partial charge in [-0.25, -0.2) is 0 Å². The van der Waals surface area contributed by atoms with Gasteiger partial charge in [0.25, 0.3) is 0 Å². The van der Waals surface area contributed by atoms with Crippen molar-refractivity contribution in [2.45, 2.75) is 24.2 Å². The maximum absolute atomic E-state index is 12.1. The van der Waals surface area contributed by atoms with Crippen molar-refractivity contribution in [3.05, 3.63) is 48.5 Å². The number of ether oxygens (including phenoxy) is 1. The molecule has 0 unspecified atom stereocenters. The number of thioether (sulfide) groups is 1. The van der Waals surface area contributed by atoms with Gasteiger partial charge in [0.15, 0.2) is 0 Å². The van der Waals surface area contributed by atoms with Gasteiger partial charge in [-0.2, -0.15) is 0 Å². The largest absolute Gasteiger partial charge is 0.496 e. The van der Waals surface area contributed by atoms with E-state index < -0.39 is 0 Å². The molecule has 5 nitrogen and oxygen atoms in total. The van der Waals surface area contributed by atoms with Crippen molar-refractivity contribution in [2.24, 2.45) is 0 Å². The summed E-state index contributed by atoms with van der Waals surface area (Å²) in [5.41, 5.74) is 1.63. The van der Waals surface area contributed by atoms with Crippen molar-refractivity contribution < 1.29 is 14.3 Å². The van der Waals surface area contributed by atoms with Crippen LogP contribution in [0.15, 0.2) is 53.4 Å². The predicted molar refractivity (Wildman–Crippen MR) is 105 cm³/mol. The van der Waals surface area contributed by atoms with Gasteiger partial charge in [-0.3, -0.25) is 9.59 Å². The third-order valence-corrected chi connectivity index (χ3v) is 5.25. The molecule has 0 saturated carbocycles. The van der Waals surface area contributed by atoms with Gasteiger partial charge in [0, 0.05) is 41.4 Å². The number of anilines is 2. The predicted octanol–water partition coefficient (Wildman–Crippen LogP) is 3.94. The van der Waals surface area contributed by atoms with Crippen molar-refractivity contribution >= 4 is 35.0 Å². The lowest BCUT2D eigenvalue weighted by Crippen LogP contribution is -2.23. The molecule has 136 valence electrons. The first-order valence-electron chi connectivity index (χ1n) is 8.63. The molecule has 6 heteroatoms. The number of para-hydroxylation sites is 1. The minimum atomic E-state index is -0.0302. The zero-order chi connectivity index (χ0) is 18.4. The molecule has 1 fully saturated rings. The van der Waals surface area contributed by atoms with Gasteiger partial charge in [0.2, 0.25) is 11.8 Å². The third kappa shape index (κ3) is 4.58. The van der Waals surface area contributed by atoms with Crippen molar-refractivity contribution in [3.63, 3.8) is 0 Å². The summed E-state index contributed by atoms with van der Waals surface area (Å²) < 4.78 is 5.31. The number of methoxy groups -OCH3 is 1. The van der Waals surface area contributed by atoms with Crippen LogP contribution >= 0.6 is 11.8 Å². The van der Waals surface area contributed by atoms with E-state index in [0.29, 0.717) is 18.6 Å². The third-order valence-electron chi connectivity index (χ3n) is 4.19. The van der Waals surface area contributed by atoms with E-state index in [2.05, 4.69) is 5.32 Å². The molecule has 2 aromatic carbocycles. The number of nitrogens with one attached hydrogen (secondary N) is 1. The van der Waals surface area contributed by atoms with Gasteiger partial charge in [-0.05, 0) is 42.8 Å². The van der Waals surface area contributed by atoms with Crippen LogP contribution in [0, 0.1) is 0 Å². The van der Waals surface area contributed by atoms with Crippen molar-refractivity contribution in [2.75, 3.05) is 29.6 Å². The Bertz CT molecular complexity index is 777. The Morgan fingerprint density at radius 1 is 1.19 bits per heavy atom. The number of hydrogen-bond donors (Lipinski definition) is 1. The highest BCUT2D eigenvalue weighted by molar-refractivity contribution is 7.99. The number of hydrogen-bond acceptors (Lipinski definition) is 4. The van der Waals surface area contributed by atoms with E-state index in [1.165, 1.54) is 0 Å². The SMILES string of the molecule is COc1ccccc1SCCC(=O)Nc1ccc(N2CCCC2=O)cc1. The van der Waals surface area contributed by atoms with Gasteiger partial charge >= 0.3 is 0 Å². The normalized spacial score (nSPS) is 13.7. The number of benzene rings is 2. The minimum Gasteiger partial charge on any atom is -0.496 e. The molecule has 1 N–H and O–H groups in total. The number of rotatable bonds is 7. The van der Waals surface area contributed by atoms with Crippen LogP contribution in [0.5, 0.6) is 5.75 Å². The fourth-order valence-electron chi connectivity index (χ4n) is 2.86. The van der Waals surface area contributed by atoms with Gasteiger partial charge in [-0.1, -0.05) is 12.1 Å². The Labute approximate surface area is 157 Å². The number of nitrogens with zero attached hydrogens (tertiary/aromatic N) is 1. The maximum atomic E-state index is 12.1. The van der Waals surface area contributed by atoms with E-state index >= 15 is 0 Å². The smallest absolute Gasteiger partial charge is 0.227 e. The number of carbonyl (C=O) groups excluding carboxylic acids is 2. The molecule has 2 amide bonds. The molecule has 0 aromatic heterocycles. The summed E-state index contributed by atoms with van der Waals surface area (Å²) in [6.45, 7) is 0.769. The van der Waals surface area contributed by atoms with E-state index in [4.69, 9.17) is 4.74 Å². The quantitative estimate of drug-likeness (QED) is 0.750. The van der Waals surface area contributed by atoms with Crippen LogP contribution in [0.25, 0.3) is 0 Å².